The van der Waals surface area contributed by atoms with Crippen LogP contribution in [0.15, 0.2) is 35.1 Å². The molecule has 0 spiro atoms. The second-order valence-corrected chi connectivity index (χ2v) is 10.9. The third kappa shape index (κ3) is 5.72. The summed E-state index contributed by atoms with van der Waals surface area (Å²) in [4.78, 5) is 21.2. The highest BCUT2D eigenvalue weighted by Crippen LogP contribution is 2.41. The van der Waals surface area contributed by atoms with E-state index in [1.807, 2.05) is 18.7 Å². The van der Waals surface area contributed by atoms with E-state index in [0.717, 1.165) is 29.5 Å². The van der Waals surface area contributed by atoms with Crippen LogP contribution in [0.25, 0.3) is 16.5 Å². The Morgan fingerprint density at radius 2 is 2.03 bits per heavy atom. The number of amides is 1. The molecule has 1 amide bonds. The summed E-state index contributed by atoms with van der Waals surface area (Å²) in [5.74, 6) is -0.102. The summed E-state index contributed by atoms with van der Waals surface area (Å²) in [6.45, 7) is 8.67. The number of nitrogens with two attached hydrogens (primary N) is 1. The van der Waals surface area contributed by atoms with Crippen molar-refractivity contribution in [2.24, 2.45) is 0 Å². The molecular formula is C28H31Cl2FN4O4. The van der Waals surface area contributed by atoms with Crippen molar-refractivity contribution in [1.29, 1.82) is 0 Å². The van der Waals surface area contributed by atoms with E-state index in [2.05, 4.69) is 16.0 Å². The van der Waals surface area contributed by atoms with Crippen LogP contribution in [0.1, 0.15) is 44.4 Å². The molecule has 0 saturated carbocycles. The fourth-order valence-electron chi connectivity index (χ4n) is 5.27. The zero-order valence-corrected chi connectivity index (χ0v) is 23.6. The number of halogens is 3. The first-order valence-electron chi connectivity index (χ1n) is 12.9. The van der Waals surface area contributed by atoms with E-state index in [1.54, 1.807) is 19.4 Å². The quantitative estimate of drug-likeness (QED) is 0.375. The molecule has 8 nitrogen and oxygen atoms in total. The number of benzene rings is 1. The number of carbonyl (C=O) groups is 1. The van der Waals surface area contributed by atoms with Gasteiger partial charge in [-0.05, 0) is 44.9 Å². The molecule has 2 aromatic heterocycles. The number of rotatable bonds is 6. The third-order valence-electron chi connectivity index (χ3n) is 7.15. The van der Waals surface area contributed by atoms with Crippen LogP contribution in [0.2, 0.25) is 10.0 Å². The SMILES string of the molecule is C[C@@H]1CN(C(=O)CN2CC=C(c3coc4c(O[C@H](C)c5c(Cl)ccc(F)c5Cl)c(N)ncc34)CC2)C[C@H](C)O1. The lowest BCUT2D eigenvalue weighted by Crippen LogP contribution is -2.51. The van der Waals surface area contributed by atoms with Gasteiger partial charge in [0.05, 0.1) is 35.4 Å². The van der Waals surface area contributed by atoms with Gasteiger partial charge in [0.2, 0.25) is 11.7 Å². The smallest absolute Gasteiger partial charge is 0.236 e. The summed E-state index contributed by atoms with van der Waals surface area (Å²) in [5.41, 5.74) is 8.87. The Morgan fingerprint density at radius 1 is 1.28 bits per heavy atom. The Bertz CT molecular complexity index is 1420. The average Bonchev–Trinajstić information content (AvgIpc) is 3.32. The van der Waals surface area contributed by atoms with Crippen LogP contribution in [-0.2, 0) is 9.53 Å². The molecule has 208 valence electrons. The number of ether oxygens (including phenoxy) is 2. The third-order valence-corrected chi connectivity index (χ3v) is 7.87. The molecule has 5 rings (SSSR count). The molecule has 4 heterocycles. The number of carbonyl (C=O) groups excluding carboxylic acids is 1. The molecule has 2 aliphatic heterocycles. The second kappa shape index (κ2) is 11.3. The number of pyridine rings is 1. The second-order valence-electron chi connectivity index (χ2n) is 10.2. The van der Waals surface area contributed by atoms with Crippen molar-refractivity contribution < 1.29 is 23.1 Å². The van der Waals surface area contributed by atoms with Gasteiger partial charge < -0.3 is 24.5 Å². The maximum atomic E-state index is 14.1. The van der Waals surface area contributed by atoms with Crippen molar-refractivity contribution in [3.05, 3.63) is 57.7 Å². The van der Waals surface area contributed by atoms with Gasteiger partial charge >= 0.3 is 0 Å². The number of morpholine rings is 1. The minimum atomic E-state index is -0.721. The fraction of sp³-hybridized carbons (Fsp3) is 0.429. The lowest BCUT2D eigenvalue weighted by molar-refractivity contribution is -0.144. The maximum absolute atomic E-state index is 14.1. The van der Waals surface area contributed by atoms with Crippen LogP contribution in [0.4, 0.5) is 10.2 Å². The summed E-state index contributed by atoms with van der Waals surface area (Å²) in [6, 6.07) is 2.63. The number of furan rings is 1. The monoisotopic (exact) mass is 576 g/mol. The van der Waals surface area contributed by atoms with Gasteiger partial charge in [-0.3, -0.25) is 9.69 Å². The predicted octanol–water partition coefficient (Wildman–Crippen LogP) is 5.72. The molecule has 11 heteroatoms. The number of fused-ring (bicyclic) bond motifs is 1. The number of hydrogen-bond acceptors (Lipinski definition) is 7. The van der Waals surface area contributed by atoms with Crippen LogP contribution in [0.5, 0.6) is 5.75 Å². The molecule has 0 bridgehead atoms. The largest absolute Gasteiger partial charge is 0.478 e. The van der Waals surface area contributed by atoms with Gasteiger partial charge in [0.1, 0.15) is 11.9 Å². The Morgan fingerprint density at radius 3 is 2.72 bits per heavy atom. The van der Waals surface area contributed by atoms with Gasteiger partial charge in [-0.1, -0.05) is 29.3 Å². The standard InChI is InChI=1S/C28H31Cl2FN4O4/c1-15-11-35(12-16(2)38-15)23(36)13-34-8-6-18(7-9-34)20-14-37-26-19(20)10-33-28(32)27(26)39-17(3)24-21(29)4-5-22(31)25(24)30/h4-6,10,14-17H,7-9,11-13H2,1-3H3,(H2,32,33)/t15-,16+,17-/m1/s1. The van der Waals surface area contributed by atoms with Gasteiger partial charge in [0, 0.05) is 48.5 Å². The summed E-state index contributed by atoms with van der Waals surface area (Å²) in [7, 11) is 0. The van der Waals surface area contributed by atoms with Crippen molar-refractivity contribution in [3.63, 3.8) is 0 Å². The molecule has 0 radical (unpaired) electrons. The zero-order chi connectivity index (χ0) is 27.8. The Labute approximate surface area is 236 Å². The molecule has 0 aliphatic carbocycles. The molecule has 0 unspecified atom stereocenters. The van der Waals surface area contributed by atoms with Crippen LogP contribution in [-0.4, -0.2) is 65.6 Å². The lowest BCUT2D eigenvalue weighted by atomic mass is 9.99. The molecule has 3 aromatic rings. The molecule has 2 aliphatic rings. The summed E-state index contributed by atoms with van der Waals surface area (Å²) in [5, 5.41) is 0.914. The molecule has 1 saturated heterocycles. The topological polar surface area (TPSA) is 94.1 Å². The minimum absolute atomic E-state index is 0.0438. The van der Waals surface area contributed by atoms with Gasteiger partial charge in [-0.25, -0.2) is 9.37 Å². The highest BCUT2D eigenvalue weighted by Gasteiger charge is 2.28. The summed E-state index contributed by atoms with van der Waals surface area (Å²) in [6.07, 6.45) is 5.53. The first kappa shape index (κ1) is 27.7. The number of aromatic nitrogens is 1. The zero-order valence-electron chi connectivity index (χ0n) is 22.0. The van der Waals surface area contributed by atoms with Crippen LogP contribution >= 0.6 is 23.2 Å². The molecular weight excluding hydrogens is 546 g/mol. The van der Waals surface area contributed by atoms with Crippen LogP contribution < -0.4 is 10.5 Å². The first-order chi connectivity index (χ1) is 18.6. The number of nitrogens with zero attached hydrogens (tertiary/aromatic N) is 3. The van der Waals surface area contributed by atoms with E-state index < -0.39 is 11.9 Å². The van der Waals surface area contributed by atoms with Gasteiger partial charge in [-0.15, -0.1) is 0 Å². The lowest BCUT2D eigenvalue weighted by Gasteiger charge is -2.36. The molecule has 3 atom stereocenters. The average molecular weight is 577 g/mol. The number of nitrogen functional groups attached to an aromatic ring is 1. The number of hydrogen-bond donors (Lipinski definition) is 1. The molecule has 39 heavy (non-hydrogen) atoms. The Kier molecular flexibility index (Phi) is 8.05. The highest BCUT2D eigenvalue weighted by molar-refractivity contribution is 6.36. The first-order valence-corrected chi connectivity index (χ1v) is 13.7. The van der Waals surface area contributed by atoms with E-state index in [4.69, 9.17) is 42.8 Å². The van der Waals surface area contributed by atoms with E-state index in [-0.39, 0.29) is 39.7 Å². The molecule has 2 N–H and O–H groups in total. The Balaban J connectivity index is 1.32. The van der Waals surface area contributed by atoms with E-state index in [9.17, 15) is 9.18 Å². The van der Waals surface area contributed by atoms with Gasteiger partial charge in [0.15, 0.2) is 11.4 Å². The van der Waals surface area contributed by atoms with E-state index in [0.29, 0.717) is 37.3 Å². The van der Waals surface area contributed by atoms with E-state index in [1.165, 1.54) is 12.1 Å². The Hall–Kier alpha value is -2.85. The molecule has 1 aromatic carbocycles. The maximum Gasteiger partial charge on any atom is 0.236 e. The summed E-state index contributed by atoms with van der Waals surface area (Å²) < 4.78 is 31.8. The fourth-order valence-corrected chi connectivity index (χ4v) is 5.94. The van der Waals surface area contributed by atoms with Crippen molar-refractivity contribution in [1.82, 2.24) is 14.8 Å². The van der Waals surface area contributed by atoms with Crippen molar-refractivity contribution in [2.75, 3.05) is 38.5 Å². The highest BCUT2D eigenvalue weighted by atomic mass is 35.5. The predicted molar refractivity (Wildman–Crippen MR) is 150 cm³/mol. The normalized spacial score (nSPS) is 21.2. The van der Waals surface area contributed by atoms with Crippen molar-refractivity contribution >= 4 is 51.5 Å². The van der Waals surface area contributed by atoms with Crippen molar-refractivity contribution in [3.8, 4) is 5.75 Å². The van der Waals surface area contributed by atoms with Crippen LogP contribution in [0, 0.1) is 5.82 Å². The molecule has 1 fully saturated rings. The van der Waals surface area contributed by atoms with Crippen molar-refractivity contribution in [2.45, 2.75) is 45.5 Å². The number of anilines is 1. The summed E-state index contributed by atoms with van der Waals surface area (Å²) >= 11 is 12.5. The van der Waals surface area contributed by atoms with E-state index >= 15 is 0 Å². The minimum Gasteiger partial charge on any atom is -0.478 e. The van der Waals surface area contributed by atoms with Gasteiger partial charge in [0.25, 0.3) is 0 Å². The van der Waals surface area contributed by atoms with Gasteiger partial charge in [-0.2, -0.15) is 0 Å². The van der Waals surface area contributed by atoms with Crippen LogP contribution in [0.3, 0.4) is 0 Å².